The molecule has 0 saturated carbocycles. The number of nitrogens with two attached hydrogens (primary N) is 1. The fraction of sp³-hybridized carbons (Fsp3) is 0.419. The second-order valence-corrected chi connectivity index (χ2v) is 14.7. The molecule has 3 aromatic rings. The summed E-state index contributed by atoms with van der Waals surface area (Å²) in [4.78, 5) is 89.9. The van der Waals surface area contributed by atoms with Gasteiger partial charge in [-0.15, -0.1) is 0 Å². The number of rotatable bonds is 15. The Morgan fingerprint density at radius 3 is 1.87 bits per heavy atom. The van der Waals surface area contributed by atoms with Gasteiger partial charge in [-0.25, -0.2) is 9.59 Å². The third-order valence-electron chi connectivity index (χ3n) is 9.94. The Balaban J connectivity index is 1.30. The van der Waals surface area contributed by atoms with Crippen LogP contribution in [0.2, 0.25) is 0 Å². The highest BCUT2D eigenvalue weighted by atomic mass is 16.7. The molecule has 1 heterocycles. The van der Waals surface area contributed by atoms with Crippen LogP contribution in [0.1, 0.15) is 64.2 Å². The van der Waals surface area contributed by atoms with Crippen molar-refractivity contribution < 1.29 is 66.7 Å². The number of hydrogen-bond acceptors (Lipinski definition) is 15. The van der Waals surface area contributed by atoms with E-state index in [1.54, 1.807) is 19.9 Å². The molecule has 0 unspecified atom stereocenters. The normalized spacial score (nSPS) is 20.1. The lowest BCUT2D eigenvalue weighted by molar-refractivity contribution is -0.282. The molecule has 2 aliphatic rings. The Kier molecular flexibility index (Phi) is 15.0. The molecule has 5 N–H and O–H groups in total. The molecule has 0 aromatic heterocycles. The highest BCUT2D eigenvalue weighted by Crippen LogP contribution is 2.44. The number of nitrogens with one attached hydrogen (secondary N) is 3. The molecule has 0 bridgehead atoms. The molecule has 1 aliphatic carbocycles. The molecule has 0 radical (unpaired) electrons. The number of fused-ring (bicyclic) bond motifs is 3. The number of hydrogen-bond donors (Lipinski definition) is 4. The molecule has 0 spiro atoms. The highest BCUT2D eigenvalue weighted by molar-refractivity contribution is 5.99. The van der Waals surface area contributed by atoms with Crippen molar-refractivity contribution in [3.8, 4) is 16.9 Å². The van der Waals surface area contributed by atoms with E-state index in [4.69, 9.17) is 38.9 Å². The quantitative estimate of drug-likeness (QED) is 0.127. The van der Waals surface area contributed by atoms with Crippen LogP contribution in [-0.2, 0) is 63.7 Å². The van der Waals surface area contributed by atoms with Gasteiger partial charge in [0.05, 0.1) is 12.8 Å². The molecule has 61 heavy (non-hydrogen) atoms. The molecule has 1 saturated heterocycles. The molecule has 3 aromatic carbocycles. The Labute approximate surface area is 352 Å². The number of carbonyl (C=O) groups excluding carboxylic acids is 7. The van der Waals surface area contributed by atoms with Crippen molar-refractivity contribution in [2.45, 2.75) is 96.8 Å². The van der Waals surface area contributed by atoms with E-state index in [1.165, 1.54) is 19.1 Å². The summed E-state index contributed by atoms with van der Waals surface area (Å²) in [5.74, 6) is -5.77. The van der Waals surface area contributed by atoms with E-state index in [2.05, 4.69) is 16.0 Å². The molecule has 1 fully saturated rings. The molecule has 7 atom stereocenters. The standard InChI is InChI=1S/C43H50N4O14/c1-21(2)34(47-43(54)56-20-31-29-14-10-8-12-27(29)28-13-9-11-15-30(28)31)40(52)45-22(3)39(51)46-32-17-16-26(19-44)18-33(32)60-42-38(59-25(6)50)36(58-24(5)49)35(57-23(4)48)37(61-42)41(53)55-7/h8-18,21-22,31,34-38,42H,19-20,44H2,1-7H3,(H,45,52)(H,46,51)(H,47,54)/t22-,34-,35-,36-,37-,38+,42+/m0/s1. The average Bonchev–Trinajstić information content (AvgIpc) is 3.53. The summed E-state index contributed by atoms with van der Waals surface area (Å²) in [6.45, 7) is 8.07. The number of anilines is 1. The lowest BCUT2D eigenvalue weighted by Gasteiger charge is -2.43. The zero-order chi connectivity index (χ0) is 44.5. The van der Waals surface area contributed by atoms with Crippen molar-refractivity contribution in [2.24, 2.45) is 11.7 Å². The van der Waals surface area contributed by atoms with Gasteiger partial charge in [-0.1, -0.05) is 68.4 Å². The summed E-state index contributed by atoms with van der Waals surface area (Å²) in [6.07, 6.45) is -9.18. The van der Waals surface area contributed by atoms with Crippen LogP contribution >= 0.6 is 0 Å². The van der Waals surface area contributed by atoms with E-state index in [9.17, 15) is 33.6 Å². The van der Waals surface area contributed by atoms with E-state index in [0.717, 1.165) is 50.1 Å². The van der Waals surface area contributed by atoms with Crippen molar-refractivity contribution in [1.29, 1.82) is 0 Å². The maximum Gasteiger partial charge on any atom is 0.407 e. The molecular formula is C43H50N4O14. The van der Waals surface area contributed by atoms with Gasteiger partial charge >= 0.3 is 30.0 Å². The number of esters is 4. The summed E-state index contributed by atoms with van der Waals surface area (Å²) in [5, 5.41) is 7.93. The Hall–Kier alpha value is -6.53. The van der Waals surface area contributed by atoms with Crippen molar-refractivity contribution >= 4 is 47.5 Å². The summed E-state index contributed by atoms with van der Waals surface area (Å²) >= 11 is 0. The Morgan fingerprint density at radius 1 is 0.738 bits per heavy atom. The van der Waals surface area contributed by atoms with E-state index >= 15 is 0 Å². The fourth-order valence-corrected chi connectivity index (χ4v) is 7.11. The molecule has 18 nitrogen and oxygen atoms in total. The van der Waals surface area contributed by atoms with Crippen molar-refractivity contribution in [2.75, 3.05) is 19.0 Å². The predicted octanol–water partition coefficient (Wildman–Crippen LogP) is 3.22. The van der Waals surface area contributed by atoms with Crippen LogP contribution < -0.4 is 26.4 Å². The first-order valence-corrected chi connectivity index (χ1v) is 19.5. The molecule has 1 aliphatic heterocycles. The van der Waals surface area contributed by atoms with Crippen LogP contribution in [0.5, 0.6) is 5.75 Å². The first kappa shape index (κ1) is 45.6. The number of methoxy groups -OCH3 is 1. The van der Waals surface area contributed by atoms with E-state index in [-0.39, 0.29) is 30.5 Å². The summed E-state index contributed by atoms with van der Waals surface area (Å²) < 4.78 is 38.7. The SMILES string of the molecule is COC(=O)[C@H]1O[C@@H](Oc2cc(CN)ccc2NC(=O)[C@H](C)NC(=O)[C@@H](NC(=O)OCC2c3ccccc3-c3ccccc32)C(C)C)[C@H](OC(C)=O)[C@@H](OC(C)=O)[C@@H]1OC(C)=O. The summed E-state index contributed by atoms with van der Waals surface area (Å²) in [5.41, 5.74) is 10.6. The van der Waals surface area contributed by atoms with Gasteiger partial charge in [0.2, 0.25) is 24.2 Å². The van der Waals surface area contributed by atoms with Gasteiger partial charge in [0, 0.05) is 33.2 Å². The lowest BCUT2D eigenvalue weighted by Crippen LogP contribution is -2.64. The largest absolute Gasteiger partial charge is 0.467 e. The average molecular weight is 847 g/mol. The smallest absolute Gasteiger partial charge is 0.407 e. The van der Waals surface area contributed by atoms with E-state index in [0.29, 0.717) is 5.56 Å². The molecule has 326 valence electrons. The number of amides is 3. The molecule has 18 heteroatoms. The number of benzene rings is 3. The van der Waals surface area contributed by atoms with Gasteiger partial charge in [0.1, 0.15) is 24.4 Å². The minimum Gasteiger partial charge on any atom is -0.467 e. The van der Waals surface area contributed by atoms with Crippen LogP contribution in [0.4, 0.5) is 10.5 Å². The topological polar surface area (TPSA) is 246 Å². The molecule has 3 amide bonds. The predicted molar refractivity (Wildman–Crippen MR) is 215 cm³/mol. The first-order valence-electron chi connectivity index (χ1n) is 19.5. The van der Waals surface area contributed by atoms with Crippen molar-refractivity contribution in [3.05, 3.63) is 83.4 Å². The third-order valence-corrected chi connectivity index (χ3v) is 9.94. The van der Waals surface area contributed by atoms with Crippen molar-refractivity contribution in [3.63, 3.8) is 0 Å². The van der Waals surface area contributed by atoms with Crippen LogP contribution in [0.25, 0.3) is 11.1 Å². The third kappa shape index (κ3) is 11.0. The lowest BCUT2D eigenvalue weighted by atomic mass is 9.97. The highest BCUT2D eigenvalue weighted by Gasteiger charge is 2.56. The van der Waals surface area contributed by atoms with Gasteiger partial charge < -0.3 is 54.8 Å². The van der Waals surface area contributed by atoms with Gasteiger partial charge in [-0.05, 0) is 52.8 Å². The van der Waals surface area contributed by atoms with Gasteiger partial charge in [0.25, 0.3) is 0 Å². The maximum absolute atomic E-state index is 13.6. The summed E-state index contributed by atoms with van der Waals surface area (Å²) in [6, 6.07) is 18.0. The zero-order valence-corrected chi connectivity index (χ0v) is 34.8. The number of alkyl carbamates (subject to hydrolysis) is 1. The van der Waals surface area contributed by atoms with Crippen LogP contribution in [0.15, 0.2) is 66.7 Å². The maximum atomic E-state index is 13.6. The van der Waals surface area contributed by atoms with Crippen LogP contribution in [-0.4, -0.2) is 98.3 Å². The molecular weight excluding hydrogens is 796 g/mol. The second kappa shape index (κ2) is 20.2. The Bertz CT molecular complexity index is 2100. The van der Waals surface area contributed by atoms with Gasteiger partial charge in [-0.3, -0.25) is 24.0 Å². The minimum absolute atomic E-state index is 0.0125. The van der Waals surface area contributed by atoms with Crippen LogP contribution in [0, 0.1) is 5.92 Å². The number of carbonyl (C=O) groups is 7. The summed E-state index contributed by atoms with van der Waals surface area (Å²) in [7, 11) is 1.05. The minimum atomic E-state index is -1.74. The van der Waals surface area contributed by atoms with Gasteiger partial charge in [0.15, 0.2) is 18.3 Å². The monoisotopic (exact) mass is 846 g/mol. The first-order chi connectivity index (χ1) is 29.0. The Morgan fingerprint density at radius 2 is 1.31 bits per heavy atom. The number of ether oxygens (including phenoxy) is 7. The molecule has 5 rings (SSSR count). The second-order valence-electron chi connectivity index (χ2n) is 14.7. The van der Waals surface area contributed by atoms with Crippen molar-refractivity contribution in [1.82, 2.24) is 10.6 Å². The van der Waals surface area contributed by atoms with Crippen LogP contribution in [0.3, 0.4) is 0 Å². The van der Waals surface area contributed by atoms with Gasteiger partial charge in [-0.2, -0.15) is 0 Å². The fourth-order valence-electron chi connectivity index (χ4n) is 7.11. The van der Waals surface area contributed by atoms with E-state index < -0.39 is 90.5 Å². The zero-order valence-electron chi connectivity index (χ0n) is 34.8. The van der Waals surface area contributed by atoms with E-state index in [1.807, 2.05) is 48.5 Å².